The van der Waals surface area contributed by atoms with Crippen molar-refractivity contribution in [1.82, 2.24) is 20.4 Å². The quantitative estimate of drug-likeness (QED) is 0.883. The maximum atomic E-state index is 12.1. The molecule has 0 spiro atoms. The van der Waals surface area contributed by atoms with Gasteiger partial charge in [-0.2, -0.15) is 5.10 Å². The molecule has 1 aromatic carbocycles. The van der Waals surface area contributed by atoms with Gasteiger partial charge in [0.05, 0.1) is 11.8 Å². The lowest BCUT2D eigenvalue weighted by Gasteiger charge is -2.07. The molecule has 1 aliphatic rings. The molecule has 5 heteroatoms. The van der Waals surface area contributed by atoms with Gasteiger partial charge in [-0.15, -0.1) is 0 Å². The van der Waals surface area contributed by atoms with E-state index in [1.807, 2.05) is 14.0 Å². The predicted octanol–water partition coefficient (Wildman–Crippen LogP) is 1.26. The lowest BCUT2D eigenvalue weighted by atomic mass is 10.1. The van der Waals surface area contributed by atoms with Crippen LogP contribution in [0.5, 0.6) is 0 Å². The standard InChI is InChI=1S/C15H18N4O/c1-10-14(9-18-19(10)2)15(20)17-6-11-3-4-12-7-16-8-13(12)5-11/h3-5,9,16H,6-8H2,1-2H3,(H,17,20). The summed E-state index contributed by atoms with van der Waals surface area (Å²) in [6, 6.07) is 6.36. The normalized spacial score (nSPS) is 13.3. The van der Waals surface area contributed by atoms with E-state index < -0.39 is 0 Å². The summed E-state index contributed by atoms with van der Waals surface area (Å²) in [7, 11) is 1.83. The Bertz CT molecular complexity index is 660. The molecule has 5 nitrogen and oxygen atoms in total. The van der Waals surface area contributed by atoms with Crippen LogP contribution in [-0.4, -0.2) is 15.7 Å². The predicted molar refractivity (Wildman–Crippen MR) is 76.1 cm³/mol. The zero-order valence-corrected chi connectivity index (χ0v) is 11.7. The second-order valence-electron chi connectivity index (χ2n) is 5.16. The van der Waals surface area contributed by atoms with Crippen LogP contribution in [0.1, 0.15) is 32.7 Å². The van der Waals surface area contributed by atoms with Gasteiger partial charge in [0, 0.05) is 32.4 Å². The molecule has 1 amide bonds. The number of nitrogens with one attached hydrogen (secondary N) is 2. The van der Waals surface area contributed by atoms with Gasteiger partial charge in [0.15, 0.2) is 0 Å². The van der Waals surface area contributed by atoms with E-state index in [1.165, 1.54) is 11.1 Å². The number of aryl methyl sites for hydroxylation is 1. The lowest BCUT2D eigenvalue weighted by Crippen LogP contribution is -2.23. The highest BCUT2D eigenvalue weighted by atomic mass is 16.1. The summed E-state index contributed by atoms with van der Waals surface area (Å²) in [6.45, 7) is 4.29. The molecule has 104 valence electrons. The maximum absolute atomic E-state index is 12.1. The molecular weight excluding hydrogens is 252 g/mol. The largest absolute Gasteiger partial charge is 0.348 e. The first-order valence-corrected chi connectivity index (χ1v) is 6.73. The third kappa shape index (κ3) is 2.32. The van der Waals surface area contributed by atoms with Crippen molar-refractivity contribution in [3.8, 4) is 0 Å². The number of hydrogen-bond acceptors (Lipinski definition) is 3. The minimum Gasteiger partial charge on any atom is -0.348 e. The molecule has 1 aromatic heterocycles. The number of carbonyl (C=O) groups is 1. The van der Waals surface area contributed by atoms with Crippen LogP contribution < -0.4 is 10.6 Å². The average molecular weight is 270 g/mol. The minimum absolute atomic E-state index is 0.0748. The SMILES string of the molecule is Cc1c(C(=O)NCc2ccc3c(c2)CNC3)cnn1C. The monoisotopic (exact) mass is 270 g/mol. The molecular formula is C15H18N4O. The number of aromatic nitrogens is 2. The summed E-state index contributed by atoms with van der Waals surface area (Å²) >= 11 is 0. The Morgan fingerprint density at radius 2 is 2.20 bits per heavy atom. The van der Waals surface area contributed by atoms with Crippen molar-refractivity contribution in [1.29, 1.82) is 0 Å². The number of nitrogens with zero attached hydrogens (tertiary/aromatic N) is 2. The highest BCUT2D eigenvalue weighted by Crippen LogP contribution is 2.17. The second kappa shape index (κ2) is 5.09. The first-order chi connectivity index (χ1) is 9.65. The molecule has 0 radical (unpaired) electrons. The van der Waals surface area contributed by atoms with Gasteiger partial charge in [-0.25, -0.2) is 0 Å². The summed E-state index contributed by atoms with van der Waals surface area (Å²) in [5.74, 6) is -0.0748. The van der Waals surface area contributed by atoms with Crippen molar-refractivity contribution in [2.24, 2.45) is 7.05 Å². The molecule has 0 saturated heterocycles. The second-order valence-corrected chi connectivity index (χ2v) is 5.16. The Labute approximate surface area is 118 Å². The number of carbonyl (C=O) groups excluding carboxylic acids is 1. The molecule has 0 unspecified atom stereocenters. The minimum atomic E-state index is -0.0748. The van der Waals surface area contributed by atoms with Crippen LogP contribution in [0.4, 0.5) is 0 Å². The van der Waals surface area contributed by atoms with Gasteiger partial charge >= 0.3 is 0 Å². The maximum Gasteiger partial charge on any atom is 0.255 e. The van der Waals surface area contributed by atoms with E-state index in [1.54, 1.807) is 10.9 Å². The topological polar surface area (TPSA) is 59.0 Å². The zero-order valence-electron chi connectivity index (χ0n) is 11.7. The summed E-state index contributed by atoms with van der Waals surface area (Å²) in [5, 5.41) is 10.4. The van der Waals surface area contributed by atoms with E-state index in [-0.39, 0.29) is 5.91 Å². The fourth-order valence-electron chi connectivity index (χ4n) is 2.46. The van der Waals surface area contributed by atoms with Crippen molar-refractivity contribution in [2.45, 2.75) is 26.6 Å². The van der Waals surface area contributed by atoms with E-state index in [4.69, 9.17) is 0 Å². The molecule has 0 bridgehead atoms. The molecule has 2 heterocycles. The molecule has 0 atom stereocenters. The highest BCUT2D eigenvalue weighted by Gasteiger charge is 2.13. The van der Waals surface area contributed by atoms with Crippen LogP contribution in [0.3, 0.4) is 0 Å². The van der Waals surface area contributed by atoms with Crippen molar-refractivity contribution in [2.75, 3.05) is 0 Å². The van der Waals surface area contributed by atoms with Crippen LogP contribution in [0.2, 0.25) is 0 Å². The molecule has 1 aliphatic heterocycles. The van der Waals surface area contributed by atoms with Gasteiger partial charge in [0.1, 0.15) is 0 Å². The number of amides is 1. The summed E-state index contributed by atoms with van der Waals surface area (Å²) in [5.41, 5.74) is 5.32. The fraction of sp³-hybridized carbons (Fsp3) is 0.333. The van der Waals surface area contributed by atoms with Crippen LogP contribution in [0.25, 0.3) is 0 Å². The van der Waals surface area contributed by atoms with Gasteiger partial charge in [0.2, 0.25) is 0 Å². The van der Waals surface area contributed by atoms with Crippen LogP contribution >= 0.6 is 0 Å². The third-order valence-corrected chi connectivity index (χ3v) is 3.83. The van der Waals surface area contributed by atoms with Crippen molar-refractivity contribution < 1.29 is 4.79 Å². The first-order valence-electron chi connectivity index (χ1n) is 6.73. The Morgan fingerprint density at radius 3 is 2.95 bits per heavy atom. The van der Waals surface area contributed by atoms with E-state index in [2.05, 4.69) is 33.9 Å². The fourth-order valence-corrected chi connectivity index (χ4v) is 2.46. The summed E-state index contributed by atoms with van der Waals surface area (Å²) in [6.07, 6.45) is 1.61. The molecule has 20 heavy (non-hydrogen) atoms. The lowest BCUT2D eigenvalue weighted by molar-refractivity contribution is 0.0950. The highest BCUT2D eigenvalue weighted by molar-refractivity contribution is 5.94. The van der Waals surface area contributed by atoms with Gasteiger partial charge in [-0.3, -0.25) is 9.48 Å². The van der Waals surface area contributed by atoms with Crippen LogP contribution in [0.15, 0.2) is 24.4 Å². The average Bonchev–Trinajstić information content (AvgIpc) is 3.03. The Kier molecular flexibility index (Phi) is 3.28. The van der Waals surface area contributed by atoms with Crippen molar-refractivity contribution in [3.05, 3.63) is 52.3 Å². The van der Waals surface area contributed by atoms with E-state index in [0.717, 1.165) is 24.3 Å². The van der Waals surface area contributed by atoms with Crippen LogP contribution in [-0.2, 0) is 26.7 Å². The van der Waals surface area contributed by atoms with Gasteiger partial charge in [0.25, 0.3) is 5.91 Å². The van der Waals surface area contributed by atoms with Gasteiger partial charge < -0.3 is 10.6 Å². The molecule has 2 N–H and O–H groups in total. The molecule has 3 rings (SSSR count). The van der Waals surface area contributed by atoms with E-state index in [9.17, 15) is 4.79 Å². The van der Waals surface area contributed by atoms with Gasteiger partial charge in [-0.05, 0) is 23.6 Å². The summed E-state index contributed by atoms with van der Waals surface area (Å²) in [4.78, 5) is 12.1. The molecule has 0 saturated carbocycles. The van der Waals surface area contributed by atoms with Gasteiger partial charge in [-0.1, -0.05) is 18.2 Å². The van der Waals surface area contributed by atoms with Crippen molar-refractivity contribution >= 4 is 5.91 Å². The third-order valence-electron chi connectivity index (χ3n) is 3.83. The Balaban J connectivity index is 1.67. The molecule has 0 aliphatic carbocycles. The Morgan fingerprint density at radius 1 is 1.40 bits per heavy atom. The number of hydrogen-bond donors (Lipinski definition) is 2. The zero-order chi connectivity index (χ0) is 14.1. The number of benzene rings is 1. The Hall–Kier alpha value is -2.14. The summed E-state index contributed by atoms with van der Waals surface area (Å²) < 4.78 is 1.70. The van der Waals surface area contributed by atoms with E-state index in [0.29, 0.717) is 12.1 Å². The van der Waals surface area contributed by atoms with E-state index >= 15 is 0 Å². The number of rotatable bonds is 3. The number of fused-ring (bicyclic) bond motifs is 1. The smallest absolute Gasteiger partial charge is 0.255 e. The van der Waals surface area contributed by atoms with Crippen LogP contribution in [0, 0.1) is 6.92 Å². The molecule has 0 fully saturated rings. The first kappa shape index (κ1) is 12.9. The van der Waals surface area contributed by atoms with Crippen molar-refractivity contribution in [3.63, 3.8) is 0 Å². The molecule has 2 aromatic rings.